The molecule has 1 aliphatic rings. The minimum absolute atomic E-state index is 0.106. The summed E-state index contributed by atoms with van der Waals surface area (Å²) >= 11 is 0. The molecule has 1 aliphatic carbocycles. The minimum atomic E-state index is -1.30. The van der Waals surface area contributed by atoms with Crippen LogP contribution in [-0.4, -0.2) is 27.1 Å². The molecule has 0 saturated heterocycles. The van der Waals surface area contributed by atoms with Gasteiger partial charge in [-0.05, 0) is 24.3 Å². The molecule has 0 heterocycles. The molecule has 0 aliphatic heterocycles. The van der Waals surface area contributed by atoms with Crippen LogP contribution in [0.5, 0.6) is 0 Å². The first kappa shape index (κ1) is 16.9. The van der Waals surface area contributed by atoms with Gasteiger partial charge in [0.25, 0.3) is 5.69 Å². The maximum absolute atomic E-state index is 11.4. The summed E-state index contributed by atoms with van der Waals surface area (Å²) in [5.41, 5.74) is 0.676. The van der Waals surface area contributed by atoms with Crippen LogP contribution in [0.4, 0.5) is 5.69 Å². The number of benzene rings is 1. The summed E-state index contributed by atoms with van der Waals surface area (Å²) < 4.78 is 0. The van der Waals surface area contributed by atoms with E-state index in [0.29, 0.717) is 5.56 Å². The highest BCUT2D eigenvalue weighted by Gasteiger charge is 2.28. The predicted octanol–water partition coefficient (Wildman–Crippen LogP) is 3.29. The smallest absolute Gasteiger partial charge is 0.311 e. The molecule has 1 saturated carbocycles. The van der Waals surface area contributed by atoms with Crippen LogP contribution in [0.3, 0.4) is 0 Å². The van der Waals surface area contributed by atoms with Crippen LogP contribution in [0.15, 0.2) is 18.2 Å². The van der Waals surface area contributed by atoms with E-state index in [2.05, 4.69) is 0 Å². The molecule has 0 aromatic heterocycles. The van der Waals surface area contributed by atoms with E-state index in [9.17, 15) is 24.8 Å². The van der Waals surface area contributed by atoms with Crippen LogP contribution in [0.25, 0.3) is 0 Å². The number of carboxylic acid groups (broad SMARTS) is 2. The van der Waals surface area contributed by atoms with Crippen LogP contribution in [0, 0.1) is 10.1 Å². The molecule has 1 aromatic carbocycles. The zero-order chi connectivity index (χ0) is 17.0. The van der Waals surface area contributed by atoms with Crippen LogP contribution in [0.2, 0.25) is 0 Å². The molecule has 0 unspecified atom stereocenters. The molecule has 1 aromatic rings. The number of rotatable bonds is 6. The van der Waals surface area contributed by atoms with Crippen molar-refractivity contribution in [1.82, 2.24) is 0 Å². The first-order valence-corrected chi connectivity index (χ1v) is 7.63. The van der Waals surface area contributed by atoms with E-state index in [-0.39, 0.29) is 17.2 Å². The molecule has 0 spiro atoms. The summed E-state index contributed by atoms with van der Waals surface area (Å²) in [6.07, 6.45) is 4.35. The standard InChI is InChI=1S/C16H19NO6/c18-15(19)9-13(16(20)21)11-6-7-12(14(8-11)17(22)23)10-4-2-1-3-5-10/h6-8,10,13H,1-5,9H2,(H,18,19)(H,20,21)/t13-/m1/s1. The summed E-state index contributed by atoms with van der Waals surface area (Å²) in [6.45, 7) is 0. The van der Waals surface area contributed by atoms with Crippen LogP contribution < -0.4 is 0 Å². The Morgan fingerprint density at radius 3 is 2.39 bits per heavy atom. The first-order chi connectivity index (χ1) is 10.9. The van der Waals surface area contributed by atoms with E-state index in [1.54, 1.807) is 6.07 Å². The number of aliphatic carboxylic acids is 2. The van der Waals surface area contributed by atoms with E-state index in [0.717, 1.165) is 32.1 Å². The maximum atomic E-state index is 11.4. The molecule has 23 heavy (non-hydrogen) atoms. The molecule has 2 N–H and O–H groups in total. The Kier molecular flexibility index (Phi) is 5.31. The maximum Gasteiger partial charge on any atom is 0.311 e. The fourth-order valence-corrected chi connectivity index (χ4v) is 3.22. The number of carbonyl (C=O) groups is 2. The van der Waals surface area contributed by atoms with Crippen LogP contribution >= 0.6 is 0 Å². The zero-order valence-corrected chi connectivity index (χ0v) is 12.6. The zero-order valence-electron chi connectivity index (χ0n) is 12.6. The predicted molar refractivity (Wildman–Crippen MR) is 81.6 cm³/mol. The van der Waals surface area contributed by atoms with Gasteiger partial charge < -0.3 is 10.2 Å². The van der Waals surface area contributed by atoms with Gasteiger partial charge in [0.2, 0.25) is 0 Å². The SMILES string of the molecule is O=C(O)C[C@@H](C(=O)O)c1ccc(C2CCCCC2)c([N+](=O)[O-])c1. The molecule has 7 heteroatoms. The van der Waals surface area contributed by atoms with Crippen molar-refractivity contribution in [3.05, 3.63) is 39.4 Å². The number of hydrogen-bond donors (Lipinski definition) is 2. The summed E-state index contributed by atoms with van der Waals surface area (Å²) in [5, 5.41) is 29.4. The quantitative estimate of drug-likeness (QED) is 0.613. The topological polar surface area (TPSA) is 118 Å². The molecular formula is C16H19NO6. The van der Waals surface area contributed by atoms with Crippen molar-refractivity contribution in [3.63, 3.8) is 0 Å². The number of nitrogens with zero attached hydrogens (tertiary/aromatic N) is 1. The van der Waals surface area contributed by atoms with Gasteiger partial charge in [-0.15, -0.1) is 0 Å². The van der Waals surface area contributed by atoms with Crippen molar-refractivity contribution in [2.45, 2.75) is 50.4 Å². The minimum Gasteiger partial charge on any atom is -0.481 e. The lowest BCUT2D eigenvalue weighted by molar-refractivity contribution is -0.385. The molecular weight excluding hydrogens is 302 g/mol. The lowest BCUT2D eigenvalue weighted by atomic mass is 9.82. The van der Waals surface area contributed by atoms with Gasteiger partial charge in [-0.2, -0.15) is 0 Å². The van der Waals surface area contributed by atoms with Crippen molar-refractivity contribution in [2.24, 2.45) is 0 Å². The second-order valence-electron chi connectivity index (χ2n) is 5.90. The van der Waals surface area contributed by atoms with E-state index < -0.39 is 29.2 Å². The van der Waals surface area contributed by atoms with Gasteiger partial charge in [0, 0.05) is 11.6 Å². The molecule has 124 valence electrons. The Balaban J connectivity index is 2.39. The fourth-order valence-electron chi connectivity index (χ4n) is 3.22. The van der Waals surface area contributed by atoms with Gasteiger partial charge in [0.15, 0.2) is 0 Å². The first-order valence-electron chi connectivity index (χ1n) is 7.63. The number of hydrogen-bond acceptors (Lipinski definition) is 4. The molecule has 0 amide bonds. The third-order valence-electron chi connectivity index (χ3n) is 4.38. The molecule has 0 radical (unpaired) electrons. The van der Waals surface area contributed by atoms with Gasteiger partial charge in [0.1, 0.15) is 0 Å². The van der Waals surface area contributed by atoms with Crippen LogP contribution in [-0.2, 0) is 9.59 Å². The van der Waals surface area contributed by atoms with Gasteiger partial charge in [-0.3, -0.25) is 19.7 Å². The highest BCUT2D eigenvalue weighted by Crippen LogP contribution is 2.38. The Morgan fingerprint density at radius 2 is 1.87 bits per heavy atom. The van der Waals surface area contributed by atoms with Crippen molar-refractivity contribution in [2.75, 3.05) is 0 Å². The van der Waals surface area contributed by atoms with Gasteiger partial charge >= 0.3 is 11.9 Å². The lowest BCUT2D eigenvalue weighted by Gasteiger charge is -2.22. The number of carboxylic acids is 2. The normalized spacial score (nSPS) is 16.7. The average Bonchev–Trinajstić information content (AvgIpc) is 2.52. The lowest BCUT2D eigenvalue weighted by Crippen LogP contribution is -2.16. The highest BCUT2D eigenvalue weighted by atomic mass is 16.6. The summed E-state index contributed by atoms with van der Waals surface area (Å²) in [4.78, 5) is 33.0. The van der Waals surface area contributed by atoms with Gasteiger partial charge in [-0.1, -0.05) is 31.4 Å². The summed E-state index contributed by atoms with van der Waals surface area (Å²) in [7, 11) is 0. The highest BCUT2D eigenvalue weighted by molar-refractivity contribution is 5.82. The van der Waals surface area contributed by atoms with Crippen molar-refractivity contribution in [1.29, 1.82) is 0 Å². The van der Waals surface area contributed by atoms with Crippen molar-refractivity contribution in [3.8, 4) is 0 Å². The third-order valence-corrected chi connectivity index (χ3v) is 4.38. The monoisotopic (exact) mass is 321 g/mol. The summed E-state index contributed by atoms with van der Waals surface area (Å²) in [6, 6.07) is 4.34. The largest absolute Gasteiger partial charge is 0.481 e. The van der Waals surface area contributed by atoms with E-state index in [4.69, 9.17) is 5.11 Å². The fraction of sp³-hybridized carbons (Fsp3) is 0.500. The second-order valence-corrected chi connectivity index (χ2v) is 5.90. The third kappa shape index (κ3) is 4.06. The van der Waals surface area contributed by atoms with E-state index in [1.807, 2.05) is 0 Å². The molecule has 0 bridgehead atoms. The Labute approximate surface area is 133 Å². The average molecular weight is 321 g/mol. The molecule has 1 atom stereocenters. The molecule has 2 rings (SSSR count). The van der Waals surface area contributed by atoms with Crippen molar-refractivity contribution >= 4 is 17.6 Å². The summed E-state index contributed by atoms with van der Waals surface area (Å²) in [5.74, 6) is -3.73. The Bertz CT molecular complexity index is 621. The van der Waals surface area contributed by atoms with E-state index in [1.165, 1.54) is 12.1 Å². The van der Waals surface area contributed by atoms with Gasteiger partial charge in [0.05, 0.1) is 17.3 Å². The Hall–Kier alpha value is -2.44. The molecule has 1 fully saturated rings. The Morgan fingerprint density at radius 1 is 1.22 bits per heavy atom. The number of nitro benzene ring substituents is 1. The van der Waals surface area contributed by atoms with Gasteiger partial charge in [-0.25, -0.2) is 0 Å². The molecule has 7 nitrogen and oxygen atoms in total. The second kappa shape index (κ2) is 7.21. The van der Waals surface area contributed by atoms with E-state index >= 15 is 0 Å². The van der Waals surface area contributed by atoms with Crippen LogP contribution in [0.1, 0.15) is 61.5 Å². The van der Waals surface area contributed by atoms with Crippen molar-refractivity contribution < 1.29 is 24.7 Å². The number of nitro groups is 1.